The summed E-state index contributed by atoms with van der Waals surface area (Å²) in [6.07, 6.45) is 0. The van der Waals surface area contributed by atoms with E-state index in [0.29, 0.717) is 10.6 Å². The molecule has 0 aliphatic carbocycles. The monoisotopic (exact) mass is 383 g/mol. The van der Waals surface area contributed by atoms with Gasteiger partial charge >= 0.3 is 0 Å². The van der Waals surface area contributed by atoms with Crippen LogP contribution in [0.25, 0.3) is 5.70 Å². The minimum absolute atomic E-state index is 0.154. The van der Waals surface area contributed by atoms with E-state index in [-0.39, 0.29) is 24.1 Å². The van der Waals surface area contributed by atoms with E-state index in [2.05, 4.69) is 5.32 Å². The average Bonchev–Trinajstić information content (AvgIpc) is 3.35. The largest absolute Gasteiger partial charge is 0.483 e. The maximum Gasteiger partial charge on any atom is 0.265 e. The molecule has 0 aliphatic heterocycles. The molecule has 0 radical (unpaired) electrons. The molecule has 2 heterocycles. The lowest BCUT2D eigenvalue weighted by atomic mass is 10.2. The first kappa shape index (κ1) is 18.1. The number of benzene rings is 1. The van der Waals surface area contributed by atoms with Gasteiger partial charge in [0.25, 0.3) is 5.91 Å². The minimum Gasteiger partial charge on any atom is -0.483 e. The summed E-state index contributed by atoms with van der Waals surface area (Å²) in [5, 5.41) is 6.58. The molecule has 4 nitrogen and oxygen atoms in total. The molecule has 2 aromatic heterocycles. The molecule has 0 aliphatic rings. The van der Waals surface area contributed by atoms with Crippen LogP contribution in [0.15, 0.2) is 71.1 Å². The fourth-order valence-electron chi connectivity index (χ4n) is 2.31. The first-order chi connectivity index (χ1) is 12.6. The highest BCUT2D eigenvalue weighted by Gasteiger charge is 2.20. The van der Waals surface area contributed by atoms with Crippen molar-refractivity contribution < 1.29 is 14.3 Å². The predicted molar refractivity (Wildman–Crippen MR) is 105 cm³/mol. The normalized spacial score (nSPS) is 11.6. The van der Waals surface area contributed by atoms with Gasteiger partial charge in [-0.15, -0.1) is 22.7 Å². The third-order valence-electron chi connectivity index (χ3n) is 3.52. The van der Waals surface area contributed by atoms with Crippen LogP contribution in [0.4, 0.5) is 0 Å². The van der Waals surface area contributed by atoms with E-state index >= 15 is 0 Å². The topological polar surface area (TPSA) is 55.4 Å². The van der Waals surface area contributed by atoms with Gasteiger partial charge in [0.1, 0.15) is 12.3 Å². The van der Waals surface area contributed by atoms with Crippen molar-refractivity contribution in [3.8, 4) is 0 Å². The number of hydrogen-bond acceptors (Lipinski definition) is 5. The van der Waals surface area contributed by atoms with Crippen molar-refractivity contribution in [2.75, 3.05) is 0 Å². The molecule has 0 fully saturated rings. The predicted octanol–water partition coefficient (Wildman–Crippen LogP) is 4.71. The molecule has 132 valence electrons. The van der Waals surface area contributed by atoms with Crippen molar-refractivity contribution in [3.63, 3.8) is 0 Å². The highest BCUT2D eigenvalue weighted by Crippen LogP contribution is 2.24. The van der Waals surface area contributed by atoms with Crippen LogP contribution < -0.4 is 5.32 Å². The maximum atomic E-state index is 12.5. The van der Waals surface area contributed by atoms with Crippen molar-refractivity contribution >= 4 is 40.1 Å². The van der Waals surface area contributed by atoms with Crippen LogP contribution in [0, 0.1) is 0 Å². The van der Waals surface area contributed by atoms with Crippen LogP contribution in [0.5, 0.6) is 0 Å². The quantitative estimate of drug-likeness (QED) is 0.475. The second-order valence-corrected chi connectivity index (χ2v) is 7.34. The second-order valence-electron chi connectivity index (χ2n) is 5.44. The third kappa shape index (κ3) is 4.47. The number of Topliss-reactive ketones (excluding diaryl/α,β-unsaturated/α-hetero) is 1. The Morgan fingerprint density at radius 1 is 0.923 bits per heavy atom. The van der Waals surface area contributed by atoms with Crippen LogP contribution in [0.3, 0.4) is 0 Å². The lowest BCUT2D eigenvalue weighted by molar-refractivity contribution is -0.117. The van der Waals surface area contributed by atoms with Gasteiger partial charge in [-0.2, -0.15) is 0 Å². The van der Waals surface area contributed by atoms with Crippen molar-refractivity contribution in [2.45, 2.75) is 13.5 Å². The number of ketones is 1. The fourth-order valence-corrected chi connectivity index (χ4v) is 3.65. The van der Waals surface area contributed by atoms with Crippen LogP contribution in [-0.2, 0) is 16.1 Å². The first-order valence-corrected chi connectivity index (χ1v) is 9.71. The summed E-state index contributed by atoms with van der Waals surface area (Å²) in [6, 6.07) is 16.9. The molecule has 0 saturated carbocycles. The smallest absolute Gasteiger partial charge is 0.265 e. The van der Waals surface area contributed by atoms with Crippen molar-refractivity contribution in [1.82, 2.24) is 5.32 Å². The van der Waals surface area contributed by atoms with E-state index in [1.807, 2.05) is 59.3 Å². The molecular formula is C20H17NO3S2. The van der Waals surface area contributed by atoms with E-state index in [1.54, 1.807) is 6.07 Å². The summed E-state index contributed by atoms with van der Waals surface area (Å²) in [4.78, 5) is 26.1. The van der Waals surface area contributed by atoms with E-state index in [4.69, 9.17) is 4.74 Å². The number of amides is 1. The zero-order chi connectivity index (χ0) is 18.4. The molecule has 6 heteroatoms. The maximum absolute atomic E-state index is 12.5. The summed E-state index contributed by atoms with van der Waals surface area (Å²) in [5.74, 6) is -0.345. The Bertz CT molecular complexity index is 898. The number of allylic oxidation sites excluding steroid dienone is 1. The Morgan fingerprint density at radius 2 is 1.58 bits per heavy atom. The van der Waals surface area contributed by atoms with Crippen molar-refractivity contribution in [2.24, 2.45) is 0 Å². The van der Waals surface area contributed by atoms with Crippen LogP contribution in [0.1, 0.15) is 27.0 Å². The van der Waals surface area contributed by atoms with Gasteiger partial charge in [-0.1, -0.05) is 42.5 Å². The van der Waals surface area contributed by atoms with Gasteiger partial charge < -0.3 is 10.1 Å². The van der Waals surface area contributed by atoms with Gasteiger partial charge in [0.05, 0.1) is 9.75 Å². The van der Waals surface area contributed by atoms with E-state index in [9.17, 15) is 9.59 Å². The standard InChI is InChI=1S/C20H17NO3S2/c1-14(22)19(24-13-15-7-3-2-4-8-15)18(16-9-5-11-25-16)21-20(23)17-10-6-12-26-17/h2-12H,13H2,1H3,(H,21,23)/b19-18+. The summed E-state index contributed by atoms with van der Waals surface area (Å²) in [7, 11) is 0. The Morgan fingerprint density at radius 3 is 2.15 bits per heavy atom. The molecule has 1 amide bonds. The summed E-state index contributed by atoms with van der Waals surface area (Å²) in [6.45, 7) is 1.69. The van der Waals surface area contributed by atoms with Crippen LogP contribution >= 0.6 is 22.7 Å². The second kappa shape index (κ2) is 8.60. The number of thiophene rings is 2. The number of carbonyl (C=O) groups is 2. The van der Waals surface area contributed by atoms with E-state index in [0.717, 1.165) is 10.4 Å². The molecule has 3 aromatic rings. The first-order valence-electron chi connectivity index (χ1n) is 7.96. The van der Waals surface area contributed by atoms with Crippen molar-refractivity contribution in [3.05, 3.63) is 86.4 Å². The molecular weight excluding hydrogens is 366 g/mol. The van der Waals surface area contributed by atoms with Gasteiger partial charge in [-0.3, -0.25) is 9.59 Å². The summed E-state index contributed by atoms with van der Waals surface area (Å²) < 4.78 is 5.82. The summed E-state index contributed by atoms with van der Waals surface area (Å²) >= 11 is 2.78. The lowest BCUT2D eigenvalue weighted by Gasteiger charge is -2.15. The number of ether oxygens (including phenoxy) is 1. The molecule has 26 heavy (non-hydrogen) atoms. The minimum atomic E-state index is -0.259. The fraction of sp³-hybridized carbons (Fsp3) is 0.100. The number of nitrogens with one attached hydrogen (secondary N) is 1. The summed E-state index contributed by atoms with van der Waals surface area (Å²) in [5.41, 5.74) is 1.35. The molecule has 0 unspecified atom stereocenters. The van der Waals surface area contributed by atoms with E-state index in [1.165, 1.54) is 29.6 Å². The van der Waals surface area contributed by atoms with Gasteiger partial charge in [0.15, 0.2) is 11.5 Å². The average molecular weight is 383 g/mol. The molecule has 3 rings (SSSR count). The Labute approximate surface area is 159 Å². The SMILES string of the molecule is CC(=O)/C(OCc1ccccc1)=C(\NC(=O)c1cccs1)c1cccs1. The van der Waals surface area contributed by atoms with Gasteiger partial charge in [0.2, 0.25) is 0 Å². The molecule has 0 bridgehead atoms. The van der Waals surface area contributed by atoms with E-state index < -0.39 is 0 Å². The Kier molecular flexibility index (Phi) is 5.99. The zero-order valence-electron chi connectivity index (χ0n) is 14.1. The lowest BCUT2D eigenvalue weighted by Crippen LogP contribution is -2.24. The number of rotatable bonds is 7. The highest BCUT2D eigenvalue weighted by atomic mass is 32.1. The molecule has 1 aromatic carbocycles. The van der Waals surface area contributed by atoms with Gasteiger partial charge in [-0.25, -0.2) is 0 Å². The highest BCUT2D eigenvalue weighted by molar-refractivity contribution is 7.12. The van der Waals surface area contributed by atoms with Crippen LogP contribution in [0.2, 0.25) is 0 Å². The van der Waals surface area contributed by atoms with Gasteiger partial charge in [-0.05, 0) is 28.5 Å². The third-order valence-corrected chi connectivity index (χ3v) is 5.28. The molecule has 0 saturated heterocycles. The Hall–Kier alpha value is -2.70. The number of carbonyl (C=O) groups excluding carboxylic acids is 2. The number of hydrogen-bond donors (Lipinski definition) is 1. The Balaban J connectivity index is 1.92. The molecule has 0 spiro atoms. The van der Waals surface area contributed by atoms with Gasteiger partial charge in [0, 0.05) is 6.92 Å². The molecule has 0 atom stereocenters. The molecule has 1 N–H and O–H groups in total. The van der Waals surface area contributed by atoms with Crippen LogP contribution in [-0.4, -0.2) is 11.7 Å². The zero-order valence-corrected chi connectivity index (χ0v) is 15.7. The van der Waals surface area contributed by atoms with Crippen molar-refractivity contribution in [1.29, 1.82) is 0 Å².